The predicted octanol–water partition coefficient (Wildman–Crippen LogP) is 4.65. The highest BCUT2D eigenvalue weighted by molar-refractivity contribution is 5.76. The third kappa shape index (κ3) is 3.19. The molecular formula is C15H19FO. The molecule has 17 heavy (non-hydrogen) atoms. The Morgan fingerprint density at radius 2 is 2.12 bits per heavy atom. The van der Waals surface area contributed by atoms with E-state index in [2.05, 4.69) is 6.58 Å². The van der Waals surface area contributed by atoms with E-state index < -0.39 is 0 Å². The van der Waals surface area contributed by atoms with Crippen LogP contribution in [0.2, 0.25) is 0 Å². The number of allylic oxidation sites excluding steroid dienone is 2. The van der Waals surface area contributed by atoms with Gasteiger partial charge in [-0.2, -0.15) is 0 Å². The van der Waals surface area contributed by atoms with Gasteiger partial charge < -0.3 is 4.74 Å². The summed E-state index contributed by atoms with van der Waals surface area (Å²) in [6.07, 6.45) is 2.70. The van der Waals surface area contributed by atoms with Gasteiger partial charge in [0.05, 0.1) is 12.2 Å². The van der Waals surface area contributed by atoms with E-state index >= 15 is 0 Å². The zero-order valence-electron chi connectivity index (χ0n) is 10.7. The van der Waals surface area contributed by atoms with Crippen LogP contribution >= 0.6 is 0 Å². The van der Waals surface area contributed by atoms with Crippen molar-refractivity contribution in [3.05, 3.63) is 47.8 Å². The second-order valence-electron chi connectivity index (χ2n) is 3.85. The average Bonchev–Trinajstić information content (AvgIpc) is 2.28. The topological polar surface area (TPSA) is 9.23 Å². The van der Waals surface area contributed by atoms with Crippen LogP contribution < -0.4 is 0 Å². The highest BCUT2D eigenvalue weighted by Gasteiger charge is 2.14. The first-order chi connectivity index (χ1) is 8.11. The summed E-state index contributed by atoms with van der Waals surface area (Å²) in [5.74, 6) is 0.338. The Hall–Kier alpha value is -1.57. The molecule has 0 fully saturated rings. The monoisotopic (exact) mass is 234 g/mol. The lowest BCUT2D eigenvalue weighted by atomic mass is 9.99. The van der Waals surface area contributed by atoms with E-state index in [1.807, 2.05) is 32.9 Å². The molecule has 0 heterocycles. The summed E-state index contributed by atoms with van der Waals surface area (Å²) in [5, 5.41) is 0. The van der Waals surface area contributed by atoms with Gasteiger partial charge in [-0.15, -0.1) is 0 Å². The quantitative estimate of drug-likeness (QED) is 0.674. The molecule has 0 saturated heterocycles. The van der Waals surface area contributed by atoms with E-state index in [0.29, 0.717) is 17.9 Å². The second-order valence-corrected chi connectivity index (χ2v) is 3.85. The molecule has 1 aromatic rings. The maximum atomic E-state index is 13.9. The second kappa shape index (κ2) is 6.24. The third-order valence-electron chi connectivity index (χ3n) is 2.41. The normalized spacial score (nSPS) is 11.4. The molecule has 0 N–H and O–H groups in total. The minimum absolute atomic E-state index is 0.265. The molecule has 0 saturated carbocycles. The van der Waals surface area contributed by atoms with Crippen molar-refractivity contribution in [2.24, 2.45) is 0 Å². The van der Waals surface area contributed by atoms with Crippen molar-refractivity contribution in [2.45, 2.75) is 27.2 Å². The Morgan fingerprint density at radius 3 is 2.65 bits per heavy atom. The van der Waals surface area contributed by atoms with Gasteiger partial charge in [0.25, 0.3) is 0 Å². The van der Waals surface area contributed by atoms with Gasteiger partial charge in [-0.3, -0.25) is 0 Å². The van der Waals surface area contributed by atoms with Crippen LogP contribution in [0.4, 0.5) is 4.39 Å². The van der Waals surface area contributed by atoms with E-state index in [1.165, 1.54) is 6.07 Å². The molecule has 92 valence electrons. The van der Waals surface area contributed by atoms with Gasteiger partial charge in [-0.25, -0.2) is 4.39 Å². The molecule has 0 spiro atoms. The SMILES string of the molecule is C=C(C)c1cccc(F)c1/C(=C/CC)OCC. The molecule has 0 aliphatic carbocycles. The number of rotatable bonds is 5. The molecule has 1 nitrogen and oxygen atoms in total. The van der Waals surface area contributed by atoms with E-state index in [-0.39, 0.29) is 5.82 Å². The molecular weight excluding hydrogens is 215 g/mol. The Bertz CT molecular complexity index is 433. The third-order valence-corrected chi connectivity index (χ3v) is 2.41. The Labute approximate surface area is 103 Å². The first-order valence-corrected chi connectivity index (χ1v) is 5.89. The maximum Gasteiger partial charge on any atom is 0.134 e. The summed E-state index contributed by atoms with van der Waals surface area (Å²) in [5.41, 5.74) is 2.16. The summed E-state index contributed by atoms with van der Waals surface area (Å²) in [4.78, 5) is 0. The van der Waals surface area contributed by atoms with Gasteiger partial charge in [0.1, 0.15) is 11.6 Å². The fraction of sp³-hybridized carbons (Fsp3) is 0.333. The Balaban J connectivity index is 3.35. The van der Waals surface area contributed by atoms with Crippen LogP contribution in [0.1, 0.15) is 38.3 Å². The zero-order valence-corrected chi connectivity index (χ0v) is 10.7. The Kier molecular flexibility index (Phi) is 4.95. The van der Waals surface area contributed by atoms with Crippen molar-refractivity contribution < 1.29 is 9.13 Å². The van der Waals surface area contributed by atoms with Crippen molar-refractivity contribution in [1.82, 2.24) is 0 Å². The largest absolute Gasteiger partial charge is 0.493 e. The number of benzene rings is 1. The standard InChI is InChI=1S/C15H19FO/c1-5-8-14(17-6-2)15-12(11(3)4)9-7-10-13(15)16/h7-10H,3,5-6H2,1-2,4H3/b14-8-. The molecule has 0 unspecified atom stereocenters. The van der Waals surface area contributed by atoms with E-state index in [9.17, 15) is 4.39 Å². The lowest BCUT2D eigenvalue weighted by molar-refractivity contribution is 0.295. The summed E-state index contributed by atoms with van der Waals surface area (Å²) in [7, 11) is 0. The first kappa shape index (κ1) is 13.5. The van der Waals surface area contributed by atoms with Crippen molar-refractivity contribution in [1.29, 1.82) is 0 Å². The van der Waals surface area contributed by atoms with E-state index in [4.69, 9.17) is 4.74 Å². The van der Waals surface area contributed by atoms with Crippen LogP contribution in [0.25, 0.3) is 11.3 Å². The molecule has 0 radical (unpaired) electrons. The number of ether oxygens (including phenoxy) is 1. The van der Waals surface area contributed by atoms with Crippen molar-refractivity contribution in [2.75, 3.05) is 6.61 Å². The molecule has 0 bridgehead atoms. The zero-order chi connectivity index (χ0) is 12.8. The minimum Gasteiger partial charge on any atom is -0.493 e. The summed E-state index contributed by atoms with van der Waals surface area (Å²) < 4.78 is 19.5. The smallest absolute Gasteiger partial charge is 0.134 e. The maximum absolute atomic E-state index is 13.9. The highest BCUT2D eigenvalue weighted by Crippen LogP contribution is 2.28. The van der Waals surface area contributed by atoms with Crippen LogP contribution in [-0.4, -0.2) is 6.61 Å². The van der Waals surface area contributed by atoms with Crippen LogP contribution in [-0.2, 0) is 4.74 Å². The van der Waals surface area contributed by atoms with Gasteiger partial charge in [0.15, 0.2) is 0 Å². The van der Waals surface area contributed by atoms with Crippen LogP contribution in [0.15, 0.2) is 30.9 Å². The van der Waals surface area contributed by atoms with E-state index in [1.54, 1.807) is 6.07 Å². The van der Waals surface area contributed by atoms with Crippen LogP contribution in [0.3, 0.4) is 0 Å². The van der Waals surface area contributed by atoms with Gasteiger partial charge in [-0.05, 0) is 38.0 Å². The van der Waals surface area contributed by atoms with Gasteiger partial charge in [-0.1, -0.05) is 31.2 Å². The molecule has 0 aromatic heterocycles. The van der Waals surface area contributed by atoms with E-state index in [0.717, 1.165) is 17.6 Å². The Morgan fingerprint density at radius 1 is 1.41 bits per heavy atom. The predicted molar refractivity (Wildman–Crippen MR) is 71.0 cm³/mol. The van der Waals surface area contributed by atoms with Crippen molar-refractivity contribution in [3.63, 3.8) is 0 Å². The van der Waals surface area contributed by atoms with Crippen LogP contribution in [0, 0.1) is 5.82 Å². The summed E-state index contributed by atoms with van der Waals surface area (Å²) >= 11 is 0. The fourth-order valence-corrected chi connectivity index (χ4v) is 1.70. The molecule has 0 amide bonds. The average molecular weight is 234 g/mol. The molecule has 0 aliphatic heterocycles. The van der Waals surface area contributed by atoms with Crippen molar-refractivity contribution in [3.8, 4) is 0 Å². The fourth-order valence-electron chi connectivity index (χ4n) is 1.70. The molecule has 0 atom stereocenters. The molecule has 2 heteroatoms. The van der Waals surface area contributed by atoms with Crippen molar-refractivity contribution >= 4 is 11.3 Å². The van der Waals surface area contributed by atoms with Gasteiger partial charge >= 0.3 is 0 Å². The minimum atomic E-state index is -0.265. The number of hydrogen-bond donors (Lipinski definition) is 0. The molecule has 1 aromatic carbocycles. The van der Waals surface area contributed by atoms with Gasteiger partial charge in [0, 0.05) is 0 Å². The lowest BCUT2D eigenvalue weighted by Crippen LogP contribution is -1.99. The summed E-state index contributed by atoms with van der Waals surface area (Å²) in [6, 6.07) is 5.01. The molecule has 0 aliphatic rings. The molecule has 1 rings (SSSR count). The number of halogens is 1. The van der Waals surface area contributed by atoms with Gasteiger partial charge in [0.2, 0.25) is 0 Å². The lowest BCUT2D eigenvalue weighted by Gasteiger charge is -2.14. The first-order valence-electron chi connectivity index (χ1n) is 5.89. The summed E-state index contributed by atoms with van der Waals surface area (Å²) in [6.45, 7) is 10.2. The highest BCUT2D eigenvalue weighted by atomic mass is 19.1. The number of hydrogen-bond acceptors (Lipinski definition) is 1. The van der Waals surface area contributed by atoms with Crippen LogP contribution in [0.5, 0.6) is 0 Å².